The molecule has 7 nitrogen and oxygen atoms in total. The molecule has 0 aromatic heterocycles. The second-order valence-corrected chi connectivity index (χ2v) is 8.89. The van der Waals surface area contributed by atoms with Gasteiger partial charge in [0.2, 0.25) is 5.91 Å². The van der Waals surface area contributed by atoms with Gasteiger partial charge in [-0.25, -0.2) is 0 Å². The zero-order chi connectivity index (χ0) is 25.2. The van der Waals surface area contributed by atoms with Crippen LogP contribution in [-0.4, -0.2) is 24.4 Å². The number of hydrogen-bond acceptors (Lipinski definition) is 5. The third-order valence-corrected chi connectivity index (χ3v) is 6.00. The number of anilines is 2. The molecule has 0 aliphatic rings. The summed E-state index contributed by atoms with van der Waals surface area (Å²) < 4.78 is 11.6. The highest BCUT2D eigenvalue weighted by atomic mass is 79.9. The van der Waals surface area contributed by atoms with Crippen LogP contribution in [0, 0.1) is 6.92 Å². The van der Waals surface area contributed by atoms with Crippen LogP contribution in [0.1, 0.15) is 24.8 Å². The van der Waals surface area contributed by atoms with Crippen LogP contribution in [-0.2, 0) is 19.1 Å². The normalized spacial score (nSPS) is 10.4. The second-order valence-electron chi connectivity index (χ2n) is 7.63. The van der Waals surface area contributed by atoms with E-state index in [2.05, 4.69) is 26.6 Å². The Hall–Kier alpha value is -3.36. The maximum Gasteiger partial charge on any atom is 0.306 e. The molecule has 2 amide bonds. The average molecular weight is 560 g/mol. The number of carbonyl (C=O) groups excluding carboxylic acids is 3. The molecule has 2 N–H and O–H groups in total. The van der Waals surface area contributed by atoms with Crippen molar-refractivity contribution in [1.29, 1.82) is 0 Å². The lowest BCUT2D eigenvalue weighted by Gasteiger charge is -2.09. The molecule has 0 radical (unpaired) electrons. The predicted molar refractivity (Wildman–Crippen MR) is 139 cm³/mol. The van der Waals surface area contributed by atoms with Gasteiger partial charge in [0.1, 0.15) is 11.5 Å². The number of esters is 1. The third kappa shape index (κ3) is 8.73. The van der Waals surface area contributed by atoms with Crippen molar-refractivity contribution in [3.05, 3.63) is 81.8 Å². The van der Waals surface area contributed by atoms with Crippen molar-refractivity contribution >= 4 is 56.7 Å². The molecular formula is C26H24BrClN2O5. The van der Waals surface area contributed by atoms with Crippen LogP contribution in [0.15, 0.2) is 71.2 Å². The first-order chi connectivity index (χ1) is 16.8. The average Bonchev–Trinajstić information content (AvgIpc) is 2.83. The van der Waals surface area contributed by atoms with Crippen LogP contribution >= 0.6 is 27.5 Å². The highest BCUT2D eigenvalue weighted by Crippen LogP contribution is 2.29. The molecule has 3 rings (SSSR count). The smallest absolute Gasteiger partial charge is 0.306 e. The van der Waals surface area contributed by atoms with E-state index in [0.29, 0.717) is 34.3 Å². The van der Waals surface area contributed by atoms with Crippen LogP contribution in [0.3, 0.4) is 0 Å². The fourth-order valence-electron chi connectivity index (χ4n) is 3.02. The van der Waals surface area contributed by atoms with E-state index in [1.807, 2.05) is 31.2 Å². The molecule has 0 heterocycles. The topological polar surface area (TPSA) is 93.7 Å². The van der Waals surface area contributed by atoms with Gasteiger partial charge in [0.25, 0.3) is 5.91 Å². The Kier molecular flexibility index (Phi) is 9.69. The molecule has 3 aromatic carbocycles. The lowest BCUT2D eigenvalue weighted by atomic mass is 10.2. The molecule has 9 heteroatoms. The zero-order valence-corrected chi connectivity index (χ0v) is 21.3. The van der Waals surface area contributed by atoms with Crippen molar-refractivity contribution < 1.29 is 23.9 Å². The number of ether oxygens (including phenoxy) is 2. The number of aryl methyl sites for hydroxylation is 1. The maximum absolute atomic E-state index is 12.2. The van der Waals surface area contributed by atoms with Crippen molar-refractivity contribution in [1.82, 2.24) is 0 Å². The summed E-state index contributed by atoms with van der Waals surface area (Å²) in [6, 6.07) is 19.4. The van der Waals surface area contributed by atoms with Gasteiger partial charge in [-0.15, -0.1) is 0 Å². The summed E-state index contributed by atoms with van der Waals surface area (Å²) in [6.45, 7) is 1.52. The fourth-order valence-corrected chi connectivity index (χ4v) is 3.44. The van der Waals surface area contributed by atoms with Gasteiger partial charge in [-0.05, 0) is 73.5 Å². The van der Waals surface area contributed by atoms with Crippen LogP contribution in [0.25, 0.3) is 0 Å². The molecule has 0 bridgehead atoms. The maximum atomic E-state index is 12.2. The second kappa shape index (κ2) is 12.9. The Morgan fingerprint density at radius 2 is 1.57 bits per heavy atom. The number of nitrogens with one attached hydrogen (secondary N) is 2. The molecule has 0 unspecified atom stereocenters. The van der Waals surface area contributed by atoms with Crippen LogP contribution < -0.4 is 15.4 Å². The molecule has 0 saturated carbocycles. The van der Waals surface area contributed by atoms with Crippen molar-refractivity contribution in [2.45, 2.75) is 26.2 Å². The Balaban J connectivity index is 1.33. The number of para-hydroxylation sites is 1. The Morgan fingerprint density at radius 3 is 2.29 bits per heavy atom. The molecule has 0 atom stereocenters. The van der Waals surface area contributed by atoms with Crippen molar-refractivity contribution in [2.75, 3.05) is 17.2 Å². The van der Waals surface area contributed by atoms with Gasteiger partial charge in [0.05, 0.1) is 5.02 Å². The molecule has 182 valence electrons. The Bertz CT molecular complexity index is 1200. The number of amides is 2. The van der Waals surface area contributed by atoms with Gasteiger partial charge >= 0.3 is 5.97 Å². The quantitative estimate of drug-likeness (QED) is 0.277. The zero-order valence-electron chi connectivity index (χ0n) is 19.0. The molecule has 0 fully saturated rings. The monoisotopic (exact) mass is 558 g/mol. The summed E-state index contributed by atoms with van der Waals surface area (Å²) >= 11 is 9.48. The highest BCUT2D eigenvalue weighted by Gasteiger charge is 2.10. The molecule has 0 aliphatic heterocycles. The molecule has 0 saturated heterocycles. The largest absolute Gasteiger partial charge is 0.456 e. The standard InChI is InChI=1S/C26H24BrClN2O5/c1-17-15-19(11-14-21(17)27)30-25(32)16-34-26(33)8-4-7-24(31)29-18-9-12-20(13-10-18)35-23-6-3-2-5-22(23)28/h2-3,5-6,9-15H,4,7-8,16H2,1H3,(H,29,31)(H,30,32). The number of rotatable bonds is 10. The van der Waals surface area contributed by atoms with Crippen LogP contribution in [0.2, 0.25) is 5.02 Å². The molecule has 0 aliphatic carbocycles. The fraction of sp³-hybridized carbons (Fsp3) is 0.192. The van der Waals surface area contributed by atoms with Crippen molar-refractivity contribution in [3.63, 3.8) is 0 Å². The molecular weight excluding hydrogens is 536 g/mol. The number of halogens is 2. The Labute approximate surface area is 216 Å². The molecule has 3 aromatic rings. The van der Waals surface area contributed by atoms with Gasteiger partial charge < -0.3 is 20.1 Å². The first kappa shape index (κ1) is 26.2. The van der Waals surface area contributed by atoms with E-state index in [1.165, 1.54) is 0 Å². The van der Waals surface area contributed by atoms with Gasteiger partial charge in [-0.2, -0.15) is 0 Å². The SMILES string of the molecule is Cc1cc(NC(=O)COC(=O)CCCC(=O)Nc2ccc(Oc3ccccc3Cl)cc2)ccc1Br. The van der Waals surface area contributed by atoms with E-state index in [9.17, 15) is 14.4 Å². The Morgan fingerprint density at radius 1 is 0.886 bits per heavy atom. The predicted octanol–water partition coefficient (Wildman–Crippen LogP) is 6.49. The van der Waals surface area contributed by atoms with Gasteiger partial charge in [0, 0.05) is 28.7 Å². The van der Waals surface area contributed by atoms with Gasteiger partial charge in [0.15, 0.2) is 6.61 Å². The molecule has 35 heavy (non-hydrogen) atoms. The minimum absolute atomic E-state index is 0.0305. The first-order valence-corrected chi connectivity index (χ1v) is 12.0. The van der Waals surface area contributed by atoms with Gasteiger partial charge in [-0.1, -0.05) is 39.7 Å². The van der Waals surface area contributed by atoms with E-state index in [-0.39, 0.29) is 25.4 Å². The first-order valence-electron chi connectivity index (χ1n) is 10.8. The van der Waals surface area contributed by atoms with Crippen molar-refractivity contribution in [3.8, 4) is 11.5 Å². The number of hydrogen-bond donors (Lipinski definition) is 2. The van der Waals surface area contributed by atoms with E-state index in [0.717, 1.165) is 10.0 Å². The van der Waals surface area contributed by atoms with E-state index >= 15 is 0 Å². The summed E-state index contributed by atoms with van der Waals surface area (Å²) in [4.78, 5) is 36.0. The van der Waals surface area contributed by atoms with E-state index in [1.54, 1.807) is 42.5 Å². The number of benzene rings is 3. The summed E-state index contributed by atoms with van der Waals surface area (Å²) in [5.74, 6) is -0.0846. The van der Waals surface area contributed by atoms with Crippen molar-refractivity contribution in [2.24, 2.45) is 0 Å². The van der Waals surface area contributed by atoms with E-state index < -0.39 is 11.9 Å². The van der Waals surface area contributed by atoms with E-state index in [4.69, 9.17) is 21.1 Å². The summed E-state index contributed by atoms with van der Waals surface area (Å²) in [7, 11) is 0. The van der Waals surface area contributed by atoms with Gasteiger partial charge in [-0.3, -0.25) is 14.4 Å². The summed E-state index contributed by atoms with van der Waals surface area (Å²) in [6.07, 6.45) is 0.464. The highest BCUT2D eigenvalue weighted by molar-refractivity contribution is 9.10. The number of carbonyl (C=O) groups is 3. The van der Waals surface area contributed by atoms with Crippen LogP contribution in [0.4, 0.5) is 11.4 Å². The lowest BCUT2D eigenvalue weighted by Crippen LogP contribution is -2.21. The summed E-state index contributed by atoms with van der Waals surface area (Å²) in [5.41, 5.74) is 2.19. The lowest BCUT2D eigenvalue weighted by molar-refractivity contribution is -0.147. The minimum Gasteiger partial charge on any atom is -0.456 e. The molecule has 0 spiro atoms. The van der Waals surface area contributed by atoms with Crippen LogP contribution in [0.5, 0.6) is 11.5 Å². The third-order valence-electron chi connectivity index (χ3n) is 4.79. The summed E-state index contributed by atoms with van der Waals surface area (Å²) in [5, 5.41) is 5.94. The minimum atomic E-state index is -0.541.